The molecule has 3 aromatic rings. The Morgan fingerprint density at radius 1 is 1.00 bits per heavy atom. The van der Waals surface area contributed by atoms with Crippen molar-refractivity contribution in [2.24, 2.45) is 0 Å². The molecule has 5 nitrogen and oxygen atoms in total. The lowest BCUT2D eigenvalue weighted by atomic mass is 10.2. The molecule has 0 radical (unpaired) electrons. The molecule has 0 atom stereocenters. The zero-order valence-electron chi connectivity index (χ0n) is 16.5. The molecule has 2 amide bonds. The van der Waals surface area contributed by atoms with Gasteiger partial charge in [-0.1, -0.05) is 30.3 Å². The molecule has 2 aromatic carbocycles. The molecule has 0 aliphatic rings. The molecular formula is C22H19F3N2O3S. The summed E-state index contributed by atoms with van der Waals surface area (Å²) < 4.78 is 42.3. The second-order valence-electron chi connectivity index (χ2n) is 6.43. The first-order valence-electron chi connectivity index (χ1n) is 9.35. The monoisotopic (exact) mass is 448 g/mol. The molecule has 0 fully saturated rings. The summed E-state index contributed by atoms with van der Waals surface area (Å²) >= 11 is 1.29. The Kier molecular flexibility index (Phi) is 6.96. The maximum Gasteiger partial charge on any atom is 0.405 e. The number of benzene rings is 2. The fourth-order valence-corrected chi connectivity index (χ4v) is 3.72. The van der Waals surface area contributed by atoms with Crippen LogP contribution in [0, 0.1) is 0 Å². The van der Waals surface area contributed by atoms with E-state index in [1.165, 1.54) is 35.6 Å². The van der Waals surface area contributed by atoms with Crippen molar-refractivity contribution in [1.82, 2.24) is 5.32 Å². The quantitative estimate of drug-likeness (QED) is 0.512. The maximum atomic E-state index is 12.8. The summed E-state index contributed by atoms with van der Waals surface area (Å²) in [5.41, 5.74) is 1.41. The van der Waals surface area contributed by atoms with Gasteiger partial charge in [0.15, 0.2) is 0 Å². The molecule has 0 saturated carbocycles. The van der Waals surface area contributed by atoms with Crippen LogP contribution in [0.25, 0.3) is 10.4 Å². The number of ether oxygens (including phenoxy) is 1. The van der Waals surface area contributed by atoms with Crippen molar-refractivity contribution in [2.75, 3.05) is 18.5 Å². The van der Waals surface area contributed by atoms with Crippen LogP contribution < -0.4 is 15.4 Å². The fourth-order valence-electron chi connectivity index (χ4n) is 2.72. The standard InChI is InChI=1S/C22H19F3N2O3S/c1-2-30-17-12-18(14-6-4-3-5-7-14)31-19(17)21(29)27-16-10-8-15(9-11-16)20(28)26-13-22(23,24)25/h3-12H,2,13H2,1H3,(H,26,28)(H,27,29). The third kappa shape index (κ3) is 6.08. The highest BCUT2D eigenvalue weighted by Gasteiger charge is 2.28. The number of hydrogen-bond donors (Lipinski definition) is 2. The first-order chi connectivity index (χ1) is 14.8. The predicted octanol–water partition coefficient (Wildman–Crippen LogP) is 5.36. The summed E-state index contributed by atoms with van der Waals surface area (Å²) in [5.74, 6) is -0.767. The zero-order valence-corrected chi connectivity index (χ0v) is 17.3. The van der Waals surface area contributed by atoms with Gasteiger partial charge in [0, 0.05) is 16.1 Å². The SMILES string of the molecule is CCOc1cc(-c2ccccc2)sc1C(=O)Nc1ccc(C(=O)NCC(F)(F)F)cc1. The van der Waals surface area contributed by atoms with Crippen molar-refractivity contribution >= 4 is 28.8 Å². The van der Waals surface area contributed by atoms with E-state index in [0.29, 0.717) is 22.9 Å². The van der Waals surface area contributed by atoms with Crippen LogP contribution in [-0.4, -0.2) is 31.1 Å². The van der Waals surface area contributed by atoms with Crippen LogP contribution >= 0.6 is 11.3 Å². The fraction of sp³-hybridized carbons (Fsp3) is 0.182. The molecule has 1 aromatic heterocycles. The van der Waals surface area contributed by atoms with Crippen molar-refractivity contribution in [2.45, 2.75) is 13.1 Å². The van der Waals surface area contributed by atoms with E-state index in [4.69, 9.17) is 4.74 Å². The molecule has 2 N–H and O–H groups in total. The van der Waals surface area contributed by atoms with E-state index in [1.54, 1.807) is 5.32 Å². The minimum Gasteiger partial charge on any atom is -0.492 e. The molecule has 9 heteroatoms. The van der Waals surface area contributed by atoms with Gasteiger partial charge >= 0.3 is 6.18 Å². The smallest absolute Gasteiger partial charge is 0.405 e. The number of carbonyl (C=O) groups is 2. The highest BCUT2D eigenvalue weighted by atomic mass is 32.1. The van der Waals surface area contributed by atoms with E-state index >= 15 is 0 Å². The van der Waals surface area contributed by atoms with Gasteiger partial charge in [0.05, 0.1) is 6.61 Å². The highest BCUT2D eigenvalue weighted by Crippen LogP contribution is 2.36. The molecule has 0 spiro atoms. The summed E-state index contributed by atoms with van der Waals surface area (Å²) in [4.78, 5) is 25.9. The van der Waals surface area contributed by atoms with Gasteiger partial charge in [-0.05, 0) is 42.8 Å². The summed E-state index contributed by atoms with van der Waals surface area (Å²) in [5, 5.41) is 4.52. The third-order valence-corrected chi connectivity index (χ3v) is 5.28. The second-order valence-corrected chi connectivity index (χ2v) is 7.48. The van der Waals surface area contributed by atoms with Crippen LogP contribution in [0.5, 0.6) is 5.75 Å². The van der Waals surface area contributed by atoms with Gasteiger partial charge in [-0.15, -0.1) is 11.3 Å². The average molecular weight is 448 g/mol. The summed E-state index contributed by atoms with van der Waals surface area (Å²) in [6.07, 6.45) is -4.48. The Morgan fingerprint density at radius 3 is 2.29 bits per heavy atom. The van der Waals surface area contributed by atoms with Crippen LogP contribution in [0.2, 0.25) is 0 Å². The first-order valence-corrected chi connectivity index (χ1v) is 10.2. The van der Waals surface area contributed by atoms with Crippen molar-refractivity contribution in [3.63, 3.8) is 0 Å². The van der Waals surface area contributed by atoms with Crippen molar-refractivity contribution in [3.8, 4) is 16.2 Å². The minimum absolute atomic E-state index is 0.0553. The molecule has 0 saturated heterocycles. The van der Waals surface area contributed by atoms with Crippen LogP contribution in [0.1, 0.15) is 27.0 Å². The number of halogens is 3. The number of nitrogens with one attached hydrogen (secondary N) is 2. The summed E-state index contributed by atoms with van der Waals surface area (Å²) in [6, 6.07) is 17.0. The normalized spacial score (nSPS) is 11.1. The Morgan fingerprint density at radius 2 is 1.68 bits per heavy atom. The summed E-state index contributed by atoms with van der Waals surface area (Å²) in [7, 11) is 0. The van der Waals surface area contributed by atoms with Crippen LogP contribution in [0.3, 0.4) is 0 Å². The number of alkyl halides is 3. The lowest BCUT2D eigenvalue weighted by molar-refractivity contribution is -0.123. The van der Waals surface area contributed by atoms with Crippen molar-refractivity contribution in [1.29, 1.82) is 0 Å². The number of carbonyl (C=O) groups excluding carboxylic acids is 2. The van der Waals surface area contributed by atoms with Crippen LogP contribution in [-0.2, 0) is 0 Å². The molecule has 162 valence electrons. The lowest BCUT2D eigenvalue weighted by Gasteiger charge is -2.09. The Balaban J connectivity index is 1.72. The van der Waals surface area contributed by atoms with Gasteiger partial charge in [-0.3, -0.25) is 9.59 Å². The summed E-state index contributed by atoms with van der Waals surface area (Å²) in [6.45, 7) is 0.809. The van der Waals surface area contributed by atoms with Gasteiger partial charge in [0.2, 0.25) is 0 Å². The first kappa shape index (κ1) is 22.4. The molecule has 0 bridgehead atoms. The maximum absolute atomic E-state index is 12.8. The van der Waals surface area contributed by atoms with Gasteiger partial charge in [0.1, 0.15) is 17.2 Å². The second kappa shape index (κ2) is 9.65. The molecular weight excluding hydrogens is 429 g/mol. The molecule has 31 heavy (non-hydrogen) atoms. The third-order valence-electron chi connectivity index (χ3n) is 4.12. The molecule has 0 aliphatic heterocycles. The van der Waals surface area contributed by atoms with Crippen molar-refractivity contribution < 1.29 is 27.5 Å². The van der Waals surface area contributed by atoms with Gasteiger partial charge in [-0.25, -0.2) is 0 Å². The van der Waals surface area contributed by atoms with Gasteiger partial charge in [-0.2, -0.15) is 13.2 Å². The molecule has 3 rings (SSSR count). The number of hydrogen-bond acceptors (Lipinski definition) is 4. The number of anilines is 1. The van der Waals surface area contributed by atoms with E-state index in [2.05, 4.69) is 5.32 Å². The highest BCUT2D eigenvalue weighted by molar-refractivity contribution is 7.17. The van der Waals surface area contributed by atoms with Gasteiger partial charge < -0.3 is 15.4 Å². The topological polar surface area (TPSA) is 67.4 Å². The lowest BCUT2D eigenvalue weighted by Crippen LogP contribution is -2.33. The number of rotatable bonds is 7. The zero-order chi connectivity index (χ0) is 22.4. The molecule has 0 aliphatic carbocycles. The molecule has 0 unspecified atom stereocenters. The van der Waals surface area contributed by atoms with Gasteiger partial charge in [0.25, 0.3) is 11.8 Å². The van der Waals surface area contributed by atoms with E-state index in [1.807, 2.05) is 43.3 Å². The Bertz CT molecular complexity index is 1050. The molecule has 1 heterocycles. The largest absolute Gasteiger partial charge is 0.492 e. The van der Waals surface area contributed by atoms with E-state index in [-0.39, 0.29) is 11.5 Å². The van der Waals surface area contributed by atoms with E-state index in [0.717, 1.165) is 10.4 Å². The number of thiophene rings is 1. The van der Waals surface area contributed by atoms with Crippen LogP contribution in [0.4, 0.5) is 18.9 Å². The van der Waals surface area contributed by atoms with Crippen molar-refractivity contribution in [3.05, 3.63) is 71.1 Å². The number of amides is 2. The van der Waals surface area contributed by atoms with E-state index in [9.17, 15) is 22.8 Å². The average Bonchev–Trinajstić information content (AvgIpc) is 3.17. The predicted molar refractivity (Wildman–Crippen MR) is 114 cm³/mol. The Hall–Kier alpha value is -3.33. The van der Waals surface area contributed by atoms with E-state index < -0.39 is 18.6 Å². The van der Waals surface area contributed by atoms with Crippen LogP contribution in [0.15, 0.2) is 60.7 Å². The minimum atomic E-state index is -4.48. The Labute approximate surface area is 180 Å².